The van der Waals surface area contributed by atoms with Crippen LogP contribution in [0.2, 0.25) is 0 Å². The van der Waals surface area contributed by atoms with E-state index in [2.05, 4.69) is 19.7 Å². The van der Waals surface area contributed by atoms with Crippen molar-refractivity contribution >= 4 is 21.7 Å². The molecule has 1 aromatic carbocycles. The van der Waals surface area contributed by atoms with Crippen LogP contribution >= 0.6 is 0 Å². The van der Waals surface area contributed by atoms with Crippen molar-refractivity contribution in [1.29, 1.82) is 0 Å². The summed E-state index contributed by atoms with van der Waals surface area (Å²) in [6.07, 6.45) is 1.14. The standard InChI is InChI=1S/C12H12FN3O4S/c1-7-11(6-14-15-7)21(18,19)16-10-4-3-8(13)5-9(10)12(17)20-2/h3-6,16H,1-2H3,(H,14,15). The first-order valence-electron chi connectivity index (χ1n) is 5.76. The third-order valence-corrected chi connectivity index (χ3v) is 4.18. The van der Waals surface area contributed by atoms with Crippen molar-refractivity contribution in [2.24, 2.45) is 0 Å². The van der Waals surface area contributed by atoms with Crippen LogP contribution in [0.3, 0.4) is 0 Å². The Morgan fingerprint density at radius 1 is 1.43 bits per heavy atom. The molecular weight excluding hydrogens is 301 g/mol. The van der Waals surface area contributed by atoms with E-state index in [4.69, 9.17) is 0 Å². The lowest BCUT2D eigenvalue weighted by Gasteiger charge is -2.11. The molecular formula is C12H12FN3O4S. The molecule has 0 bridgehead atoms. The highest BCUT2D eigenvalue weighted by atomic mass is 32.2. The van der Waals surface area contributed by atoms with Gasteiger partial charge in [0.2, 0.25) is 0 Å². The van der Waals surface area contributed by atoms with E-state index in [9.17, 15) is 17.6 Å². The lowest BCUT2D eigenvalue weighted by atomic mass is 10.2. The van der Waals surface area contributed by atoms with Crippen molar-refractivity contribution in [3.63, 3.8) is 0 Å². The van der Waals surface area contributed by atoms with Crippen molar-refractivity contribution in [2.75, 3.05) is 11.8 Å². The normalized spacial score (nSPS) is 11.2. The van der Waals surface area contributed by atoms with E-state index < -0.39 is 21.8 Å². The molecule has 2 aromatic rings. The maximum absolute atomic E-state index is 13.2. The summed E-state index contributed by atoms with van der Waals surface area (Å²) < 4.78 is 44.4. The molecule has 2 rings (SSSR count). The number of nitrogens with one attached hydrogen (secondary N) is 2. The molecule has 0 amide bonds. The number of carbonyl (C=O) groups is 1. The van der Waals surface area contributed by atoms with Gasteiger partial charge in [-0.25, -0.2) is 17.6 Å². The number of aryl methyl sites for hydroxylation is 1. The molecule has 0 atom stereocenters. The minimum absolute atomic E-state index is 0.0670. The van der Waals surface area contributed by atoms with E-state index >= 15 is 0 Å². The number of benzene rings is 1. The summed E-state index contributed by atoms with van der Waals surface area (Å²) in [4.78, 5) is 11.5. The van der Waals surface area contributed by atoms with E-state index in [1.54, 1.807) is 0 Å². The summed E-state index contributed by atoms with van der Waals surface area (Å²) in [7, 11) is -2.83. The minimum atomic E-state index is -3.95. The van der Waals surface area contributed by atoms with Crippen LogP contribution in [-0.2, 0) is 14.8 Å². The van der Waals surface area contributed by atoms with E-state index in [0.717, 1.165) is 31.5 Å². The minimum Gasteiger partial charge on any atom is -0.465 e. The Balaban J connectivity index is 2.45. The zero-order chi connectivity index (χ0) is 15.6. The number of ether oxygens (including phenoxy) is 1. The number of hydrogen-bond acceptors (Lipinski definition) is 5. The third kappa shape index (κ3) is 3.02. The van der Waals surface area contributed by atoms with Crippen molar-refractivity contribution in [2.45, 2.75) is 11.8 Å². The van der Waals surface area contributed by atoms with Gasteiger partial charge in [-0.2, -0.15) is 5.10 Å². The number of hydrogen-bond donors (Lipinski definition) is 2. The molecule has 112 valence electrons. The van der Waals surface area contributed by atoms with Crippen molar-refractivity contribution < 1.29 is 22.3 Å². The number of sulfonamides is 1. The average Bonchev–Trinajstić information content (AvgIpc) is 2.87. The maximum atomic E-state index is 13.2. The number of halogens is 1. The molecule has 0 saturated carbocycles. The van der Waals surface area contributed by atoms with E-state index in [-0.39, 0.29) is 16.1 Å². The lowest BCUT2D eigenvalue weighted by Crippen LogP contribution is -2.16. The van der Waals surface area contributed by atoms with Crippen LogP contribution in [0.1, 0.15) is 16.1 Å². The molecule has 21 heavy (non-hydrogen) atoms. The monoisotopic (exact) mass is 313 g/mol. The predicted molar refractivity (Wildman–Crippen MR) is 71.9 cm³/mol. The van der Waals surface area contributed by atoms with Crippen molar-refractivity contribution in [3.8, 4) is 0 Å². The van der Waals surface area contributed by atoms with Crippen LogP contribution < -0.4 is 4.72 Å². The molecule has 2 N–H and O–H groups in total. The number of methoxy groups -OCH3 is 1. The van der Waals surface area contributed by atoms with E-state index in [0.29, 0.717) is 5.69 Å². The second-order valence-electron chi connectivity index (χ2n) is 4.15. The molecule has 0 aliphatic heterocycles. The zero-order valence-electron chi connectivity index (χ0n) is 11.2. The zero-order valence-corrected chi connectivity index (χ0v) is 12.0. The van der Waals surface area contributed by atoms with Crippen LogP contribution in [0, 0.1) is 12.7 Å². The summed E-state index contributed by atoms with van der Waals surface area (Å²) in [5, 5.41) is 6.12. The highest BCUT2D eigenvalue weighted by molar-refractivity contribution is 7.92. The molecule has 7 nitrogen and oxygen atoms in total. The summed E-state index contributed by atoms with van der Waals surface area (Å²) in [6, 6.07) is 3.08. The lowest BCUT2D eigenvalue weighted by molar-refractivity contribution is 0.0601. The number of H-pyrrole nitrogens is 1. The Morgan fingerprint density at radius 2 is 2.14 bits per heavy atom. The van der Waals surface area contributed by atoms with Gasteiger partial charge in [0.15, 0.2) is 0 Å². The van der Waals surface area contributed by atoms with Gasteiger partial charge in [0.05, 0.1) is 30.3 Å². The Morgan fingerprint density at radius 3 is 2.71 bits per heavy atom. The molecule has 0 unspecified atom stereocenters. The Kier molecular flexibility index (Phi) is 3.94. The highest BCUT2D eigenvalue weighted by Gasteiger charge is 2.22. The molecule has 0 aliphatic carbocycles. The topological polar surface area (TPSA) is 101 Å². The second-order valence-corrected chi connectivity index (χ2v) is 5.80. The SMILES string of the molecule is COC(=O)c1cc(F)ccc1NS(=O)(=O)c1cn[nH]c1C. The van der Waals surface area contributed by atoms with Crippen LogP contribution in [-0.4, -0.2) is 31.7 Å². The summed E-state index contributed by atoms with van der Waals surface area (Å²) >= 11 is 0. The largest absolute Gasteiger partial charge is 0.465 e. The molecule has 0 fully saturated rings. The third-order valence-electron chi connectivity index (χ3n) is 2.70. The van der Waals surface area contributed by atoms with Gasteiger partial charge in [0, 0.05) is 0 Å². The van der Waals surface area contributed by atoms with Gasteiger partial charge in [-0.3, -0.25) is 9.82 Å². The number of carbonyl (C=O) groups excluding carboxylic acids is 1. The second kappa shape index (κ2) is 5.52. The Bertz CT molecular complexity index is 786. The number of anilines is 1. The number of esters is 1. The smallest absolute Gasteiger partial charge is 0.340 e. The first kappa shape index (κ1) is 15.0. The van der Waals surface area contributed by atoms with Gasteiger partial charge in [-0.15, -0.1) is 0 Å². The van der Waals surface area contributed by atoms with Gasteiger partial charge in [0.25, 0.3) is 10.0 Å². The Labute approximate surface area is 120 Å². The van der Waals surface area contributed by atoms with Crippen LogP contribution in [0.5, 0.6) is 0 Å². The van der Waals surface area contributed by atoms with Crippen LogP contribution in [0.15, 0.2) is 29.3 Å². The average molecular weight is 313 g/mol. The van der Waals surface area contributed by atoms with E-state index in [1.807, 2.05) is 0 Å². The van der Waals surface area contributed by atoms with Gasteiger partial charge in [0.1, 0.15) is 10.7 Å². The number of nitrogens with zero attached hydrogens (tertiary/aromatic N) is 1. The quantitative estimate of drug-likeness (QED) is 0.832. The Hall–Kier alpha value is -2.42. The first-order valence-corrected chi connectivity index (χ1v) is 7.24. The summed E-state index contributed by atoms with van der Waals surface area (Å²) in [6.45, 7) is 1.54. The van der Waals surface area contributed by atoms with Crippen molar-refractivity contribution in [1.82, 2.24) is 10.2 Å². The van der Waals surface area contributed by atoms with Crippen LogP contribution in [0.4, 0.5) is 10.1 Å². The van der Waals surface area contributed by atoms with Crippen LogP contribution in [0.25, 0.3) is 0 Å². The summed E-state index contributed by atoms with van der Waals surface area (Å²) in [5.74, 6) is -1.53. The van der Waals surface area contributed by atoms with Gasteiger partial charge in [-0.1, -0.05) is 0 Å². The first-order chi connectivity index (χ1) is 9.85. The number of aromatic nitrogens is 2. The molecule has 0 spiro atoms. The predicted octanol–water partition coefficient (Wildman–Crippen LogP) is 1.44. The fourth-order valence-corrected chi connectivity index (χ4v) is 2.91. The molecule has 0 saturated heterocycles. The van der Waals surface area contributed by atoms with Gasteiger partial charge < -0.3 is 4.74 Å². The van der Waals surface area contributed by atoms with E-state index in [1.165, 1.54) is 6.92 Å². The number of rotatable bonds is 4. The fraction of sp³-hybridized carbons (Fsp3) is 0.167. The van der Waals surface area contributed by atoms with Crippen molar-refractivity contribution in [3.05, 3.63) is 41.5 Å². The molecule has 1 heterocycles. The highest BCUT2D eigenvalue weighted by Crippen LogP contribution is 2.22. The summed E-state index contributed by atoms with van der Waals surface area (Å²) in [5.41, 5.74) is 0.0373. The maximum Gasteiger partial charge on any atom is 0.340 e. The van der Waals surface area contributed by atoms with Gasteiger partial charge in [-0.05, 0) is 25.1 Å². The number of aromatic amines is 1. The molecule has 1 aromatic heterocycles. The van der Waals surface area contributed by atoms with Gasteiger partial charge >= 0.3 is 5.97 Å². The molecule has 0 radical (unpaired) electrons. The molecule has 0 aliphatic rings. The fourth-order valence-electron chi connectivity index (χ4n) is 1.69. The molecule has 9 heteroatoms.